The minimum atomic E-state index is -1.52. The van der Waals surface area contributed by atoms with Crippen molar-refractivity contribution in [3.05, 3.63) is 102 Å². The Labute approximate surface area is 407 Å². The second-order valence-corrected chi connectivity index (χ2v) is 16.1. The fourth-order valence-electron chi connectivity index (χ4n) is 8.43. The number of nitro groups is 3. The number of anilines is 3. The van der Waals surface area contributed by atoms with Gasteiger partial charge >= 0.3 is 35.5 Å². The largest absolute Gasteiger partial charge is 1.00 e. The number of primary amides is 1. The molecule has 3 aliphatic rings. The van der Waals surface area contributed by atoms with E-state index < -0.39 is 38.3 Å². The maximum atomic E-state index is 12.0. The molecule has 0 bridgehead atoms. The van der Waals surface area contributed by atoms with Gasteiger partial charge in [-0.15, -0.1) is 0 Å². The Hall–Kier alpha value is -5.45. The van der Waals surface area contributed by atoms with Crippen molar-refractivity contribution in [2.75, 3.05) is 99.8 Å². The first-order chi connectivity index (χ1) is 30.8. The Balaban J connectivity index is 0.000000261. The molecule has 1 amide bonds. The van der Waals surface area contributed by atoms with E-state index in [1.54, 1.807) is 31.2 Å². The molecule has 0 unspecified atom stereocenters. The van der Waals surface area contributed by atoms with E-state index in [-0.39, 0.29) is 82.4 Å². The summed E-state index contributed by atoms with van der Waals surface area (Å²) in [6.45, 7) is 25.4. The van der Waals surface area contributed by atoms with Crippen LogP contribution in [0.25, 0.3) is 0 Å². The number of aromatic carboxylic acids is 1. The first-order valence-electron chi connectivity index (χ1n) is 21.9. The Morgan fingerprint density at radius 1 is 0.576 bits per heavy atom. The molecule has 0 spiro atoms. The van der Waals surface area contributed by atoms with E-state index >= 15 is 0 Å². The maximum absolute atomic E-state index is 12.0. The molecule has 0 radical (unpaired) electrons. The van der Waals surface area contributed by atoms with Crippen molar-refractivity contribution in [2.24, 2.45) is 5.73 Å². The van der Waals surface area contributed by atoms with E-state index in [0.29, 0.717) is 5.69 Å². The molecule has 3 aromatic rings. The molecule has 3 heterocycles. The summed E-state index contributed by atoms with van der Waals surface area (Å²) in [6.07, 6.45) is 0. The summed E-state index contributed by atoms with van der Waals surface area (Å²) < 4.78 is 4.95. The first kappa shape index (κ1) is 54.9. The van der Waals surface area contributed by atoms with Gasteiger partial charge in [-0.05, 0) is 83.7 Å². The molecule has 3 aliphatic heterocycles. The topological polar surface area (TPSA) is 258 Å². The minimum absolute atomic E-state index is 0. The van der Waals surface area contributed by atoms with E-state index in [1.807, 2.05) is 0 Å². The molecular weight excluding hydrogens is 868 g/mol. The van der Waals surface area contributed by atoms with Crippen LogP contribution in [0.4, 0.5) is 34.1 Å². The number of hydrogen-bond acceptors (Lipinski definition) is 17. The Morgan fingerprint density at radius 2 is 0.894 bits per heavy atom. The number of esters is 1. The molecule has 6 rings (SSSR count). The number of nitrogens with zero attached hydrogens (tertiary/aromatic N) is 9. The number of carboxylic acid groups (broad SMARTS) is 1. The van der Waals surface area contributed by atoms with Crippen LogP contribution in [0.3, 0.4) is 0 Å². The van der Waals surface area contributed by atoms with Crippen LogP contribution < -0.4 is 55.1 Å². The van der Waals surface area contributed by atoms with Crippen LogP contribution in [0.2, 0.25) is 0 Å². The van der Waals surface area contributed by atoms with Gasteiger partial charge in [-0.2, -0.15) is 0 Å². The average Bonchev–Trinajstić information content (AvgIpc) is 3.28. The second-order valence-electron chi connectivity index (χ2n) is 16.1. The number of piperazine rings is 3. The van der Waals surface area contributed by atoms with Crippen molar-refractivity contribution < 1.29 is 68.6 Å². The number of amides is 1. The van der Waals surface area contributed by atoms with Gasteiger partial charge in [-0.3, -0.25) is 49.8 Å². The van der Waals surface area contributed by atoms with Crippen molar-refractivity contribution in [1.29, 1.82) is 0 Å². The third kappa shape index (κ3) is 14.0. The zero-order valence-electron chi connectivity index (χ0n) is 39.2. The monoisotopic (exact) mass is 928 g/mol. The summed E-state index contributed by atoms with van der Waals surface area (Å²) in [6, 6.07) is 14.2. The van der Waals surface area contributed by atoms with Gasteiger partial charge < -0.3 is 35.1 Å². The van der Waals surface area contributed by atoms with Gasteiger partial charge in [0.1, 0.15) is 11.1 Å². The number of likely N-dealkylation sites (N-methyl/N-ethyl adjacent to an activating group) is 3. The van der Waals surface area contributed by atoms with Gasteiger partial charge in [-0.25, -0.2) is 4.79 Å². The van der Waals surface area contributed by atoms with Crippen LogP contribution >= 0.6 is 0 Å². The third-order valence-corrected chi connectivity index (χ3v) is 12.0. The van der Waals surface area contributed by atoms with Gasteiger partial charge in [0, 0.05) is 112 Å². The predicted molar refractivity (Wildman–Crippen MR) is 245 cm³/mol. The van der Waals surface area contributed by atoms with Crippen molar-refractivity contribution in [1.82, 2.24) is 14.7 Å². The van der Waals surface area contributed by atoms with Crippen molar-refractivity contribution in [3.8, 4) is 0 Å². The molecule has 3 atom stereocenters. The number of carboxylic acids is 1. The summed E-state index contributed by atoms with van der Waals surface area (Å²) in [5.41, 5.74) is 6.28. The summed E-state index contributed by atoms with van der Waals surface area (Å²) in [5.74, 6) is -2.95. The molecule has 3 aromatic carbocycles. The standard InChI is InChI=1S/C16H23N3O4.C14H20N4O3.C14H19N3O4.Na/c1-4-17-8-9-18(12(3)11-17)13-6-7-15(19(21)22)14(10-13)16(20)23-5-2;1-3-16-6-7-17(10(2)9-16)11-4-5-13(18(20)21)12(8-11)14(15)19;1-3-15-6-7-16(10(2)9-15)11-4-5-13(17(20)21)12(8-11)14(18)19;/h6-7,10,12H,4-5,8-9,11H2,1-3H3;4-5,8,10H,3,6-7,9H2,1-2H3,(H2,15,19);4-5,8,10H,3,6-7,9H2,1-2H3,(H,18,19);/q;;;+1/p-1/t12-;2*10-;/m111./s1. The molecule has 22 heteroatoms. The minimum Gasteiger partial charge on any atom is -0.545 e. The molecular formula is C44H61N10NaO11. The SMILES string of the molecule is CCN1CCN(c2ccc([N+](=O)[O-])c(C(=O)[O-])c2)[C@H](C)C1.CCN1CCN(c2ccc([N+](=O)[O-])c(C(N)=O)c2)[C@H](C)C1.CCOC(=O)c1cc(N2CCN(CC)C[C@H]2C)ccc1[N+](=O)[O-].[Na+]. The molecule has 354 valence electrons. The van der Waals surface area contributed by atoms with E-state index in [2.05, 4.69) is 70.9 Å². The Bertz CT molecular complexity index is 2100. The zero-order valence-corrected chi connectivity index (χ0v) is 41.2. The van der Waals surface area contributed by atoms with Gasteiger partial charge in [0.2, 0.25) is 0 Å². The molecule has 0 saturated carbocycles. The van der Waals surface area contributed by atoms with E-state index in [9.17, 15) is 49.8 Å². The van der Waals surface area contributed by atoms with E-state index in [1.165, 1.54) is 30.3 Å². The number of nitro benzene ring substituents is 3. The predicted octanol–water partition coefficient (Wildman–Crippen LogP) is 1.02. The quantitative estimate of drug-likeness (QED) is 0.109. The fraction of sp³-hybridized carbons (Fsp3) is 0.523. The molecule has 21 nitrogen and oxygen atoms in total. The van der Waals surface area contributed by atoms with Gasteiger partial charge in [-0.1, -0.05) is 20.8 Å². The Kier molecular flexibility index (Phi) is 21.2. The average molecular weight is 929 g/mol. The van der Waals surface area contributed by atoms with Crippen molar-refractivity contribution >= 4 is 52.0 Å². The Morgan fingerprint density at radius 3 is 1.18 bits per heavy atom. The normalized spacial score (nSPS) is 19.0. The summed E-state index contributed by atoms with van der Waals surface area (Å²) in [5, 5.41) is 44.0. The van der Waals surface area contributed by atoms with Crippen LogP contribution in [-0.4, -0.2) is 151 Å². The first-order valence-corrected chi connectivity index (χ1v) is 21.9. The maximum Gasteiger partial charge on any atom is 1.00 e. The van der Waals surface area contributed by atoms with Gasteiger partial charge in [0.15, 0.2) is 0 Å². The van der Waals surface area contributed by atoms with Gasteiger partial charge in [0.05, 0.1) is 32.9 Å². The molecule has 0 aromatic heterocycles. The summed E-state index contributed by atoms with van der Waals surface area (Å²) in [7, 11) is 0. The van der Waals surface area contributed by atoms with Crippen LogP contribution in [0.1, 0.15) is 79.5 Å². The fourth-order valence-corrected chi connectivity index (χ4v) is 8.43. The number of ether oxygens (including phenoxy) is 1. The van der Waals surface area contributed by atoms with Gasteiger partial charge in [0.25, 0.3) is 23.0 Å². The van der Waals surface area contributed by atoms with E-state index in [0.717, 1.165) is 89.9 Å². The number of carbonyl (C=O) groups excluding carboxylic acids is 3. The van der Waals surface area contributed by atoms with Crippen LogP contribution in [-0.2, 0) is 4.74 Å². The zero-order chi connectivity index (χ0) is 48.1. The number of nitrogens with two attached hydrogens (primary N) is 1. The molecule has 3 fully saturated rings. The third-order valence-electron chi connectivity index (χ3n) is 12.0. The number of hydrogen-bond donors (Lipinski definition) is 1. The smallest absolute Gasteiger partial charge is 0.545 e. The molecule has 66 heavy (non-hydrogen) atoms. The molecule has 2 N–H and O–H groups in total. The van der Waals surface area contributed by atoms with Crippen LogP contribution in [0, 0.1) is 30.3 Å². The molecule has 3 saturated heterocycles. The van der Waals surface area contributed by atoms with Crippen molar-refractivity contribution in [3.63, 3.8) is 0 Å². The number of rotatable bonds is 13. The van der Waals surface area contributed by atoms with Crippen LogP contribution in [0.15, 0.2) is 54.6 Å². The number of carbonyl (C=O) groups is 3. The second kappa shape index (κ2) is 25.5. The summed E-state index contributed by atoms with van der Waals surface area (Å²) >= 11 is 0. The molecule has 0 aliphatic carbocycles. The summed E-state index contributed by atoms with van der Waals surface area (Å²) in [4.78, 5) is 79.1. The van der Waals surface area contributed by atoms with Crippen molar-refractivity contribution in [2.45, 2.75) is 66.6 Å². The van der Waals surface area contributed by atoms with Crippen LogP contribution in [0.5, 0.6) is 0 Å². The van der Waals surface area contributed by atoms with E-state index in [4.69, 9.17) is 10.5 Å². The number of benzene rings is 3.